The van der Waals surface area contributed by atoms with E-state index in [9.17, 15) is 8.42 Å². The zero-order valence-corrected chi connectivity index (χ0v) is 9.63. The van der Waals surface area contributed by atoms with Gasteiger partial charge in [-0.2, -0.15) is 0 Å². The van der Waals surface area contributed by atoms with Gasteiger partial charge in [0.15, 0.2) is 5.03 Å². The van der Waals surface area contributed by atoms with E-state index in [-0.39, 0.29) is 11.1 Å². The molecule has 1 aromatic rings. The number of H-pyrrole nitrogens is 1. The van der Waals surface area contributed by atoms with E-state index in [1.165, 1.54) is 6.20 Å². The van der Waals surface area contributed by atoms with E-state index in [4.69, 9.17) is 5.73 Å². The van der Waals surface area contributed by atoms with Gasteiger partial charge < -0.3 is 10.7 Å². The van der Waals surface area contributed by atoms with Crippen LogP contribution in [-0.4, -0.2) is 31.0 Å². The van der Waals surface area contributed by atoms with Gasteiger partial charge >= 0.3 is 0 Å². The fourth-order valence-corrected chi connectivity index (χ4v) is 2.05. The van der Waals surface area contributed by atoms with Crippen molar-refractivity contribution in [3.8, 4) is 0 Å². The topological polar surface area (TPSA) is 101 Å². The molecule has 7 heteroatoms. The van der Waals surface area contributed by atoms with Gasteiger partial charge in [0, 0.05) is 12.6 Å². The number of aromatic amines is 1. The van der Waals surface area contributed by atoms with Crippen LogP contribution >= 0.6 is 0 Å². The van der Waals surface area contributed by atoms with E-state index < -0.39 is 10.0 Å². The predicted molar refractivity (Wildman–Crippen MR) is 56.8 cm³/mol. The molecule has 1 unspecified atom stereocenters. The lowest BCUT2D eigenvalue weighted by Crippen LogP contribution is -2.29. The number of nitrogens with zero attached hydrogens (tertiary/aromatic N) is 1. The van der Waals surface area contributed by atoms with Crippen molar-refractivity contribution in [1.82, 2.24) is 14.7 Å². The lowest BCUT2D eigenvalue weighted by atomic mass is 10.3. The van der Waals surface area contributed by atoms with E-state index in [0.717, 1.165) is 0 Å². The van der Waals surface area contributed by atoms with Crippen molar-refractivity contribution >= 4 is 10.0 Å². The summed E-state index contributed by atoms with van der Waals surface area (Å²) in [5, 5.41) is 0.0877. The summed E-state index contributed by atoms with van der Waals surface area (Å²) >= 11 is 0. The van der Waals surface area contributed by atoms with Crippen LogP contribution in [0, 0.1) is 6.92 Å². The Labute approximate surface area is 89.3 Å². The van der Waals surface area contributed by atoms with Crippen molar-refractivity contribution in [2.24, 2.45) is 5.73 Å². The first-order valence-corrected chi connectivity index (χ1v) is 6.17. The molecule has 0 radical (unpaired) electrons. The molecule has 0 spiro atoms. The lowest BCUT2D eigenvalue weighted by molar-refractivity contribution is 0.568. The molecule has 1 rings (SSSR count). The number of sulfonamides is 1. The van der Waals surface area contributed by atoms with Crippen LogP contribution < -0.4 is 10.5 Å². The molecule has 86 valence electrons. The van der Waals surface area contributed by atoms with Crippen LogP contribution in [0.15, 0.2) is 11.2 Å². The van der Waals surface area contributed by atoms with Crippen LogP contribution in [0.3, 0.4) is 0 Å². The Morgan fingerprint density at radius 2 is 2.33 bits per heavy atom. The smallest absolute Gasteiger partial charge is 0.257 e. The molecule has 0 aliphatic heterocycles. The number of rotatable bonds is 5. The zero-order valence-electron chi connectivity index (χ0n) is 8.82. The number of aromatic nitrogens is 2. The molecule has 6 nitrogen and oxygen atoms in total. The van der Waals surface area contributed by atoms with Gasteiger partial charge in [0.05, 0.1) is 6.20 Å². The van der Waals surface area contributed by atoms with Crippen molar-refractivity contribution in [1.29, 1.82) is 0 Å². The number of nitrogens with two attached hydrogens (primary N) is 1. The third kappa shape index (κ3) is 3.61. The number of hydrogen-bond donors (Lipinski definition) is 3. The second kappa shape index (κ2) is 4.73. The van der Waals surface area contributed by atoms with Crippen molar-refractivity contribution in [3.63, 3.8) is 0 Å². The van der Waals surface area contributed by atoms with Crippen LogP contribution in [0.5, 0.6) is 0 Å². The Bertz CT molecular complexity index is 410. The molecule has 0 saturated heterocycles. The fraction of sp³-hybridized carbons (Fsp3) is 0.625. The normalized spacial score (nSPS) is 14.1. The lowest BCUT2D eigenvalue weighted by Gasteiger charge is -2.06. The summed E-state index contributed by atoms with van der Waals surface area (Å²) in [5.41, 5.74) is 5.51. The Balaban J connectivity index is 2.60. The number of aryl methyl sites for hydroxylation is 1. The first-order valence-electron chi connectivity index (χ1n) is 4.68. The summed E-state index contributed by atoms with van der Waals surface area (Å²) in [6.07, 6.45) is 1.90. The number of imidazole rings is 1. The average molecular weight is 232 g/mol. The van der Waals surface area contributed by atoms with E-state index in [1.54, 1.807) is 6.92 Å². The Morgan fingerprint density at radius 3 is 2.80 bits per heavy atom. The van der Waals surface area contributed by atoms with Crippen LogP contribution in [-0.2, 0) is 10.0 Å². The minimum atomic E-state index is -3.46. The summed E-state index contributed by atoms with van der Waals surface area (Å²) in [6, 6.07) is -0.0174. The van der Waals surface area contributed by atoms with Crippen LogP contribution in [0.25, 0.3) is 0 Å². The zero-order chi connectivity index (χ0) is 11.5. The summed E-state index contributed by atoms with van der Waals surface area (Å²) in [5.74, 6) is 0.572. The molecule has 0 aromatic carbocycles. The maximum Gasteiger partial charge on any atom is 0.257 e. The van der Waals surface area contributed by atoms with Gasteiger partial charge in [-0.25, -0.2) is 18.1 Å². The minimum absolute atomic E-state index is 0.0174. The van der Waals surface area contributed by atoms with E-state index in [1.807, 2.05) is 6.92 Å². The molecule has 1 atom stereocenters. The van der Waals surface area contributed by atoms with Crippen LogP contribution in [0.2, 0.25) is 0 Å². The minimum Gasteiger partial charge on any atom is -0.332 e. The highest BCUT2D eigenvalue weighted by Gasteiger charge is 2.15. The van der Waals surface area contributed by atoms with Crippen molar-refractivity contribution < 1.29 is 8.42 Å². The second-order valence-electron chi connectivity index (χ2n) is 3.50. The number of hydrogen-bond acceptors (Lipinski definition) is 4. The average Bonchev–Trinajstić information content (AvgIpc) is 2.51. The quantitative estimate of drug-likeness (QED) is 0.650. The monoisotopic (exact) mass is 232 g/mol. The third-order valence-electron chi connectivity index (χ3n) is 1.86. The molecule has 0 saturated carbocycles. The highest BCUT2D eigenvalue weighted by atomic mass is 32.2. The van der Waals surface area contributed by atoms with Crippen molar-refractivity contribution in [3.05, 3.63) is 12.0 Å². The molecule has 0 fully saturated rings. The first-order chi connectivity index (χ1) is 6.92. The third-order valence-corrected chi connectivity index (χ3v) is 3.23. The summed E-state index contributed by atoms with van der Waals surface area (Å²) in [7, 11) is -3.46. The van der Waals surface area contributed by atoms with Gasteiger partial charge in [-0.15, -0.1) is 0 Å². The molecule has 4 N–H and O–H groups in total. The van der Waals surface area contributed by atoms with Gasteiger partial charge in [-0.3, -0.25) is 0 Å². The number of nitrogens with one attached hydrogen (secondary N) is 2. The maximum atomic E-state index is 11.6. The molecule has 0 aliphatic carbocycles. The van der Waals surface area contributed by atoms with E-state index in [2.05, 4.69) is 14.7 Å². The van der Waals surface area contributed by atoms with Gasteiger partial charge in [-0.05, 0) is 20.3 Å². The molecule has 1 aromatic heterocycles. The maximum absolute atomic E-state index is 11.6. The van der Waals surface area contributed by atoms with Crippen molar-refractivity contribution in [2.45, 2.75) is 31.3 Å². The summed E-state index contributed by atoms with van der Waals surface area (Å²) < 4.78 is 25.6. The SMILES string of the molecule is Cc1ncc(S(=O)(=O)NCCC(C)N)[nH]1. The molecular weight excluding hydrogens is 216 g/mol. The van der Waals surface area contributed by atoms with E-state index >= 15 is 0 Å². The summed E-state index contributed by atoms with van der Waals surface area (Å²) in [4.78, 5) is 6.49. The van der Waals surface area contributed by atoms with Crippen molar-refractivity contribution in [2.75, 3.05) is 6.54 Å². The molecule has 0 aliphatic rings. The van der Waals surface area contributed by atoms with Crippen LogP contribution in [0.4, 0.5) is 0 Å². The molecule has 0 amide bonds. The van der Waals surface area contributed by atoms with E-state index in [0.29, 0.717) is 18.8 Å². The fourth-order valence-electron chi connectivity index (χ4n) is 1.03. The first kappa shape index (κ1) is 12.2. The van der Waals surface area contributed by atoms with Gasteiger partial charge in [0.1, 0.15) is 5.82 Å². The standard InChI is InChI=1S/C8H16N4O2S/c1-6(9)3-4-11-15(13,14)8-5-10-7(2)12-8/h5-6,11H,3-4,9H2,1-2H3,(H,10,12). The largest absolute Gasteiger partial charge is 0.332 e. The predicted octanol–water partition coefficient (Wildman–Crippen LogP) is -0.266. The van der Waals surface area contributed by atoms with Gasteiger partial charge in [0.25, 0.3) is 10.0 Å². The Kier molecular flexibility index (Phi) is 3.83. The highest BCUT2D eigenvalue weighted by molar-refractivity contribution is 7.89. The highest BCUT2D eigenvalue weighted by Crippen LogP contribution is 2.04. The summed E-state index contributed by atoms with van der Waals surface area (Å²) in [6.45, 7) is 3.85. The molecule has 0 bridgehead atoms. The second-order valence-corrected chi connectivity index (χ2v) is 5.23. The van der Waals surface area contributed by atoms with Crippen LogP contribution in [0.1, 0.15) is 19.2 Å². The molecule has 15 heavy (non-hydrogen) atoms. The molecule has 1 heterocycles. The Hall–Kier alpha value is -0.920. The molecular formula is C8H16N4O2S. The van der Waals surface area contributed by atoms with Gasteiger partial charge in [0.2, 0.25) is 0 Å². The van der Waals surface area contributed by atoms with Gasteiger partial charge in [-0.1, -0.05) is 0 Å². The Morgan fingerprint density at radius 1 is 1.67 bits per heavy atom.